The van der Waals surface area contributed by atoms with Gasteiger partial charge in [-0.2, -0.15) is 0 Å². The molecule has 0 aromatic heterocycles. The van der Waals surface area contributed by atoms with Crippen molar-refractivity contribution in [3.63, 3.8) is 0 Å². The van der Waals surface area contributed by atoms with Crippen molar-refractivity contribution in [1.29, 1.82) is 0 Å². The number of nitrogens with one attached hydrogen (secondary N) is 1. The van der Waals surface area contributed by atoms with E-state index in [2.05, 4.69) is 36.0 Å². The molecule has 0 bridgehead atoms. The molecule has 4 heteroatoms. The van der Waals surface area contributed by atoms with Gasteiger partial charge in [0.2, 0.25) is 5.91 Å². The van der Waals surface area contributed by atoms with Crippen molar-refractivity contribution in [2.45, 2.75) is 123 Å². The highest BCUT2D eigenvalue weighted by atomic mass is 16.1. The molecule has 1 aliphatic rings. The molecule has 0 radical (unpaired) electrons. The van der Waals surface area contributed by atoms with Crippen LogP contribution in [0.15, 0.2) is 4.99 Å². The second-order valence-electron chi connectivity index (χ2n) is 7.83. The maximum absolute atomic E-state index is 12.2. The van der Waals surface area contributed by atoms with Crippen molar-refractivity contribution in [3.05, 3.63) is 0 Å². The Hall–Kier alpha value is -0.900. The molecule has 0 saturated heterocycles. The normalized spacial score (nSPS) is 18.3. The van der Waals surface area contributed by atoms with Crippen LogP contribution in [0.5, 0.6) is 0 Å². The van der Waals surface area contributed by atoms with E-state index in [1.807, 2.05) is 6.21 Å². The molecule has 1 heterocycles. The summed E-state index contributed by atoms with van der Waals surface area (Å²) in [5, 5.41) is 3.17. The highest BCUT2D eigenvalue weighted by Crippen LogP contribution is 2.17. The zero-order valence-corrected chi connectivity index (χ0v) is 17.6. The molecule has 0 aliphatic carbocycles. The number of carbonyl (C=O) groups excluding carboxylic acids is 1. The summed E-state index contributed by atoms with van der Waals surface area (Å²) in [5.74, 6) is 0.194. The Morgan fingerprint density at radius 1 is 1.00 bits per heavy atom. The minimum Gasteiger partial charge on any atom is -0.341 e. The Bertz CT molecular complexity index is 384. The van der Waals surface area contributed by atoms with Gasteiger partial charge in [-0.15, -0.1) is 0 Å². The standard InChI is InChI=1S/C22H43N3O/c1-4-6-8-9-10-11-12-13-15-17-22(26)24-20(3)25-19-18-23-21(25)16-14-7-5-2/h18,20-21H,4-17,19H2,1-3H3,(H,24,26). The van der Waals surface area contributed by atoms with E-state index in [1.54, 1.807) is 0 Å². The van der Waals surface area contributed by atoms with Crippen LogP contribution >= 0.6 is 0 Å². The number of rotatable bonds is 16. The molecule has 0 aromatic carbocycles. The Morgan fingerprint density at radius 2 is 1.58 bits per heavy atom. The Balaban J connectivity index is 2.07. The molecule has 4 nitrogen and oxygen atoms in total. The largest absolute Gasteiger partial charge is 0.341 e. The lowest BCUT2D eigenvalue weighted by Gasteiger charge is -2.30. The summed E-state index contributed by atoms with van der Waals surface area (Å²) in [6.07, 6.45) is 19.4. The SMILES string of the molecule is CCCCCCCCCCCC(=O)NC(C)N1CC=NC1CCCCC. The molecule has 0 fully saturated rings. The molecule has 2 unspecified atom stereocenters. The van der Waals surface area contributed by atoms with Gasteiger partial charge in [-0.1, -0.05) is 78.1 Å². The summed E-state index contributed by atoms with van der Waals surface area (Å²) >= 11 is 0. The van der Waals surface area contributed by atoms with Gasteiger partial charge in [-0.3, -0.25) is 14.7 Å². The quantitative estimate of drug-likeness (QED) is 0.359. The number of amides is 1. The van der Waals surface area contributed by atoms with E-state index in [1.165, 1.54) is 70.6 Å². The van der Waals surface area contributed by atoms with Crippen molar-refractivity contribution in [2.24, 2.45) is 4.99 Å². The first kappa shape index (κ1) is 23.1. The third-order valence-corrected chi connectivity index (χ3v) is 5.39. The van der Waals surface area contributed by atoms with Crippen LogP contribution in [0, 0.1) is 0 Å². The molecule has 26 heavy (non-hydrogen) atoms. The highest BCUT2D eigenvalue weighted by molar-refractivity contribution is 5.76. The number of unbranched alkanes of at least 4 members (excludes halogenated alkanes) is 10. The van der Waals surface area contributed by atoms with E-state index in [0.29, 0.717) is 6.42 Å². The van der Waals surface area contributed by atoms with Crippen LogP contribution < -0.4 is 5.32 Å². The average Bonchev–Trinajstić information content (AvgIpc) is 3.09. The fourth-order valence-electron chi connectivity index (χ4n) is 3.69. The first-order chi connectivity index (χ1) is 12.7. The van der Waals surface area contributed by atoms with Gasteiger partial charge >= 0.3 is 0 Å². The first-order valence-electron chi connectivity index (χ1n) is 11.3. The molecule has 1 rings (SSSR count). The van der Waals surface area contributed by atoms with Crippen molar-refractivity contribution in [1.82, 2.24) is 10.2 Å². The first-order valence-corrected chi connectivity index (χ1v) is 11.3. The summed E-state index contributed by atoms with van der Waals surface area (Å²) in [6.45, 7) is 7.44. The lowest BCUT2D eigenvalue weighted by Crippen LogP contribution is -2.48. The fraction of sp³-hybridized carbons (Fsp3) is 0.909. The maximum atomic E-state index is 12.2. The van der Waals surface area contributed by atoms with Gasteiger partial charge in [0.15, 0.2) is 0 Å². The summed E-state index contributed by atoms with van der Waals surface area (Å²) in [5.41, 5.74) is 0. The maximum Gasteiger partial charge on any atom is 0.221 e. The second kappa shape index (κ2) is 15.2. The number of nitrogens with zero attached hydrogens (tertiary/aromatic N) is 2. The lowest BCUT2D eigenvalue weighted by atomic mass is 10.1. The molecular weight excluding hydrogens is 322 g/mol. The van der Waals surface area contributed by atoms with Crippen LogP contribution in [0.3, 0.4) is 0 Å². The minimum atomic E-state index is 0.0789. The van der Waals surface area contributed by atoms with Crippen LogP contribution in [0.25, 0.3) is 0 Å². The van der Waals surface area contributed by atoms with Crippen LogP contribution in [0.2, 0.25) is 0 Å². The van der Waals surface area contributed by atoms with Crippen molar-refractivity contribution in [3.8, 4) is 0 Å². The molecule has 2 atom stereocenters. The second-order valence-corrected chi connectivity index (χ2v) is 7.83. The average molecular weight is 366 g/mol. The topological polar surface area (TPSA) is 44.7 Å². The predicted octanol–water partition coefficient (Wildman–Crippen LogP) is 5.66. The summed E-state index contributed by atoms with van der Waals surface area (Å²) in [7, 11) is 0. The molecule has 1 N–H and O–H groups in total. The molecule has 0 saturated carbocycles. The molecular formula is C22H43N3O. The Morgan fingerprint density at radius 3 is 2.23 bits per heavy atom. The molecule has 152 valence electrons. The predicted molar refractivity (Wildman–Crippen MR) is 113 cm³/mol. The number of hydrogen-bond acceptors (Lipinski definition) is 3. The number of aliphatic imine (C=N–C) groups is 1. The molecule has 0 aromatic rings. The van der Waals surface area contributed by atoms with Crippen LogP contribution in [0.4, 0.5) is 0 Å². The van der Waals surface area contributed by atoms with Crippen LogP contribution in [-0.2, 0) is 4.79 Å². The third kappa shape index (κ3) is 10.3. The zero-order chi connectivity index (χ0) is 19.0. The van der Waals surface area contributed by atoms with Crippen molar-refractivity contribution >= 4 is 12.1 Å². The minimum absolute atomic E-state index is 0.0789. The molecule has 1 amide bonds. The van der Waals surface area contributed by atoms with E-state index in [4.69, 9.17) is 0 Å². The highest BCUT2D eigenvalue weighted by Gasteiger charge is 2.26. The Labute approximate surface area is 162 Å². The van der Waals surface area contributed by atoms with Crippen LogP contribution in [0.1, 0.15) is 111 Å². The van der Waals surface area contributed by atoms with E-state index in [0.717, 1.165) is 19.4 Å². The zero-order valence-electron chi connectivity index (χ0n) is 17.6. The summed E-state index contributed by atoms with van der Waals surface area (Å²) in [4.78, 5) is 19.1. The van der Waals surface area contributed by atoms with Gasteiger partial charge in [0.1, 0.15) is 6.17 Å². The monoisotopic (exact) mass is 365 g/mol. The summed E-state index contributed by atoms with van der Waals surface area (Å²) < 4.78 is 0. The van der Waals surface area contributed by atoms with E-state index in [9.17, 15) is 4.79 Å². The van der Waals surface area contributed by atoms with Crippen LogP contribution in [-0.4, -0.2) is 35.9 Å². The van der Waals surface area contributed by atoms with E-state index in [-0.39, 0.29) is 18.2 Å². The van der Waals surface area contributed by atoms with Gasteiger partial charge in [0.05, 0.1) is 6.17 Å². The Kier molecular flexibility index (Phi) is 13.5. The fourth-order valence-corrected chi connectivity index (χ4v) is 3.69. The number of hydrogen-bond donors (Lipinski definition) is 1. The lowest BCUT2D eigenvalue weighted by molar-refractivity contribution is -0.123. The van der Waals surface area contributed by atoms with E-state index >= 15 is 0 Å². The van der Waals surface area contributed by atoms with E-state index < -0.39 is 0 Å². The molecule has 0 spiro atoms. The van der Waals surface area contributed by atoms with Crippen molar-refractivity contribution < 1.29 is 4.79 Å². The van der Waals surface area contributed by atoms with Gasteiger partial charge in [0, 0.05) is 19.2 Å². The van der Waals surface area contributed by atoms with Crippen molar-refractivity contribution in [2.75, 3.05) is 6.54 Å². The van der Waals surface area contributed by atoms with Gasteiger partial charge in [-0.05, 0) is 26.2 Å². The third-order valence-electron chi connectivity index (χ3n) is 5.39. The van der Waals surface area contributed by atoms with Gasteiger partial charge in [0.25, 0.3) is 0 Å². The van der Waals surface area contributed by atoms with Gasteiger partial charge < -0.3 is 5.32 Å². The summed E-state index contributed by atoms with van der Waals surface area (Å²) in [6, 6.07) is 0. The smallest absolute Gasteiger partial charge is 0.221 e. The number of carbonyl (C=O) groups is 1. The molecule has 1 aliphatic heterocycles. The van der Waals surface area contributed by atoms with Gasteiger partial charge in [-0.25, -0.2) is 0 Å².